The number of carbonyl (C=O) groups is 2. The quantitative estimate of drug-likeness (QED) is 0.217. The molecule has 34 heavy (non-hydrogen) atoms. The molecule has 1 fully saturated rings. The summed E-state index contributed by atoms with van der Waals surface area (Å²) in [6.07, 6.45) is 3.56. The van der Waals surface area contributed by atoms with Crippen LogP contribution in [0.3, 0.4) is 0 Å². The van der Waals surface area contributed by atoms with Crippen LogP contribution in [0, 0.1) is 5.92 Å². The fraction of sp³-hybridized carbons (Fsp3) is 0.654. The zero-order valence-corrected chi connectivity index (χ0v) is 21.5. The van der Waals surface area contributed by atoms with E-state index in [1.165, 1.54) is 5.56 Å². The summed E-state index contributed by atoms with van der Waals surface area (Å²) in [6, 6.07) is 10.3. The average Bonchev–Trinajstić information content (AvgIpc) is 2.82. The van der Waals surface area contributed by atoms with Crippen molar-refractivity contribution in [2.75, 3.05) is 0 Å². The Morgan fingerprint density at radius 2 is 1.62 bits per heavy atom. The predicted molar refractivity (Wildman–Crippen MR) is 132 cm³/mol. The first-order valence-electron chi connectivity index (χ1n) is 12.1. The second-order valence-corrected chi connectivity index (χ2v) is 9.50. The zero-order chi connectivity index (χ0) is 25.9. The summed E-state index contributed by atoms with van der Waals surface area (Å²) >= 11 is 0. The Morgan fingerprint density at radius 1 is 1.09 bits per heavy atom. The van der Waals surface area contributed by atoms with Gasteiger partial charge in [-0.3, -0.25) is 14.4 Å². The summed E-state index contributed by atoms with van der Waals surface area (Å²) < 4.78 is 0. The van der Waals surface area contributed by atoms with Crippen LogP contribution in [0.5, 0.6) is 0 Å². The third-order valence-electron chi connectivity index (χ3n) is 7.12. The maximum absolute atomic E-state index is 9.90. The van der Waals surface area contributed by atoms with Crippen molar-refractivity contribution < 1.29 is 29.8 Å². The standard InChI is InChI=1S/C20H32N2O2.C6H10O4/c1-7-19(5)14-18(21-23)15(3)20(6,8-2)22(19)24-16(4)17-12-10-9-11-13-17;7-5(8)3-1-2-4-6(9)10/h9-13,15-16,23H,7-8,14H2,1-6H3;1-4H2,(H,7,8)(H,9,10). The molecule has 1 heterocycles. The number of hydroxylamine groups is 2. The monoisotopic (exact) mass is 478 g/mol. The van der Waals surface area contributed by atoms with Crippen molar-refractivity contribution in [3.05, 3.63) is 35.9 Å². The molecule has 4 atom stereocenters. The second kappa shape index (κ2) is 13.4. The van der Waals surface area contributed by atoms with Crippen LogP contribution in [0.1, 0.15) is 98.2 Å². The predicted octanol–water partition coefficient (Wildman–Crippen LogP) is 5.90. The molecule has 4 unspecified atom stereocenters. The van der Waals surface area contributed by atoms with Gasteiger partial charge in [-0.25, -0.2) is 0 Å². The van der Waals surface area contributed by atoms with Gasteiger partial charge < -0.3 is 15.4 Å². The van der Waals surface area contributed by atoms with E-state index in [0.717, 1.165) is 25.0 Å². The SMILES string of the molecule is CCC1(C)CC(=NO)C(C)C(C)(CC)N1OC(C)c1ccccc1.O=C(O)CCCCC(=O)O. The van der Waals surface area contributed by atoms with Crippen molar-refractivity contribution in [1.82, 2.24) is 5.06 Å². The van der Waals surface area contributed by atoms with Crippen LogP contribution in [0.15, 0.2) is 35.5 Å². The van der Waals surface area contributed by atoms with Crippen LogP contribution in [0.4, 0.5) is 0 Å². The van der Waals surface area contributed by atoms with E-state index in [-0.39, 0.29) is 35.9 Å². The normalized spacial score (nSPS) is 27.0. The van der Waals surface area contributed by atoms with Gasteiger partial charge in [0.05, 0.1) is 11.3 Å². The van der Waals surface area contributed by atoms with Gasteiger partial charge in [0, 0.05) is 30.7 Å². The summed E-state index contributed by atoms with van der Waals surface area (Å²) in [5.74, 6) is -1.61. The number of benzene rings is 1. The highest BCUT2D eigenvalue weighted by molar-refractivity contribution is 5.89. The highest BCUT2D eigenvalue weighted by Gasteiger charge is 2.53. The summed E-state index contributed by atoms with van der Waals surface area (Å²) in [5, 5.41) is 31.6. The molecule has 1 aliphatic rings. The molecule has 192 valence electrons. The van der Waals surface area contributed by atoms with Gasteiger partial charge in [0.1, 0.15) is 6.10 Å². The Bertz CT molecular complexity index is 799. The number of hydrogen-bond donors (Lipinski definition) is 3. The van der Waals surface area contributed by atoms with Gasteiger partial charge >= 0.3 is 11.9 Å². The van der Waals surface area contributed by atoms with E-state index in [9.17, 15) is 14.8 Å². The Hall–Kier alpha value is -2.45. The number of carboxylic acids is 2. The maximum atomic E-state index is 9.90. The first kappa shape index (κ1) is 29.6. The molecule has 0 aromatic heterocycles. The minimum absolute atomic E-state index is 0.0252. The Labute approximate surface area is 203 Å². The average molecular weight is 479 g/mol. The summed E-state index contributed by atoms with van der Waals surface area (Å²) in [7, 11) is 0. The smallest absolute Gasteiger partial charge is 0.303 e. The first-order valence-corrected chi connectivity index (χ1v) is 12.1. The number of carboxylic acid groups (broad SMARTS) is 2. The molecule has 2 rings (SSSR count). The van der Waals surface area contributed by atoms with Crippen LogP contribution >= 0.6 is 0 Å². The van der Waals surface area contributed by atoms with Gasteiger partial charge in [-0.1, -0.05) is 56.3 Å². The summed E-state index contributed by atoms with van der Waals surface area (Å²) in [5.41, 5.74) is 1.63. The third-order valence-corrected chi connectivity index (χ3v) is 7.12. The molecule has 1 saturated heterocycles. The van der Waals surface area contributed by atoms with Crippen molar-refractivity contribution in [1.29, 1.82) is 0 Å². The van der Waals surface area contributed by atoms with Crippen LogP contribution in [-0.4, -0.2) is 49.2 Å². The lowest BCUT2D eigenvalue weighted by atomic mass is 9.70. The Kier molecular flexibility index (Phi) is 11.7. The van der Waals surface area contributed by atoms with Gasteiger partial charge in [-0.2, -0.15) is 5.06 Å². The lowest BCUT2D eigenvalue weighted by molar-refractivity contribution is -0.310. The molecule has 8 heteroatoms. The molecular weight excluding hydrogens is 436 g/mol. The van der Waals surface area contributed by atoms with Crippen LogP contribution in [0.2, 0.25) is 0 Å². The van der Waals surface area contributed by atoms with E-state index < -0.39 is 11.9 Å². The van der Waals surface area contributed by atoms with Crippen LogP contribution in [0.25, 0.3) is 0 Å². The van der Waals surface area contributed by atoms with Crippen molar-refractivity contribution in [2.45, 2.75) is 104 Å². The highest BCUT2D eigenvalue weighted by Crippen LogP contribution is 2.45. The number of piperidine rings is 1. The van der Waals surface area contributed by atoms with Crippen LogP contribution < -0.4 is 0 Å². The van der Waals surface area contributed by atoms with Crippen molar-refractivity contribution in [2.24, 2.45) is 11.1 Å². The second-order valence-electron chi connectivity index (χ2n) is 9.50. The van der Waals surface area contributed by atoms with Gasteiger partial charge in [0.15, 0.2) is 0 Å². The first-order chi connectivity index (χ1) is 15.9. The highest BCUT2D eigenvalue weighted by atomic mass is 16.7. The third kappa shape index (κ3) is 7.81. The topological polar surface area (TPSA) is 120 Å². The lowest BCUT2D eigenvalue weighted by Crippen LogP contribution is -2.66. The number of oxime groups is 1. The molecule has 0 amide bonds. The summed E-state index contributed by atoms with van der Waals surface area (Å²) in [6.45, 7) is 13.0. The number of nitrogens with zero attached hydrogens (tertiary/aromatic N) is 2. The fourth-order valence-electron chi connectivity index (χ4n) is 4.35. The van der Waals surface area contributed by atoms with Crippen molar-refractivity contribution in [3.8, 4) is 0 Å². The minimum Gasteiger partial charge on any atom is -0.481 e. The molecule has 8 nitrogen and oxygen atoms in total. The van der Waals surface area contributed by atoms with Crippen LogP contribution in [-0.2, 0) is 14.4 Å². The van der Waals surface area contributed by atoms with Gasteiger partial charge in [0.25, 0.3) is 0 Å². The molecule has 3 N–H and O–H groups in total. The van der Waals surface area contributed by atoms with E-state index in [2.05, 4.69) is 63.9 Å². The largest absolute Gasteiger partial charge is 0.481 e. The van der Waals surface area contributed by atoms with Gasteiger partial charge in [-0.15, -0.1) is 0 Å². The maximum Gasteiger partial charge on any atom is 0.303 e. The minimum atomic E-state index is -0.870. The van der Waals surface area contributed by atoms with Crippen molar-refractivity contribution in [3.63, 3.8) is 0 Å². The molecule has 1 aliphatic heterocycles. The zero-order valence-electron chi connectivity index (χ0n) is 21.5. The van der Waals surface area contributed by atoms with Crippen molar-refractivity contribution >= 4 is 17.7 Å². The van der Waals surface area contributed by atoms with E-state index >= 15 is 0 Å². The van der Waals surface area contributed by atoms with E-state index in [0.29, 0.717) is 12.8 Å². The lowest BCUT2D eigenvalue weighted by Gasteiger charge is -2.57. The van der Waals surface area contributed by atoms with Gasteiger partial charge in [-0.05, 0) is 52.0 Å². The Morgan fingerprint density at radius 3 is 2.03 bits per heavy atom. The molecule has 0 radical (unpaired) electrons. The Balaban J connectivity index is 0.000000489. The summed E-state index contributed by atoms with van der Waals surface area (Å²) in [4.78, 5) is 26.3. The van der Waals surface area contributed by atoms with Gasteiger partial charge in [0.2, 0.25) is 0 Å². The molecule has 0 aliphatic carbocycles. The molecule has 1 aromatic rings. The van der Waals surface area contributed by atoms with E-state index in [1.54, 1.807) is 0 Å². The number of rotatable bonds is 10. The van der Waals surface area contributed by atoms with E-state index in [4.69, 9.17) is 15.1 Å². The molecule has 0 bridgehead atoms. The number of hydrogen-bond acceptors (Lipinski definition) is 6. The molecule has 1 aromatic carbocycles. The fourth-order valence-corrected chi connectivity index (χ4v) is 4.35. The molecule has 0 spiro atoms. The number of unbranched alkanes of at least 4 members (excludes halogenated alkanes) is 1. The molecule has 0 saturated carbocycles. The molecular formula is C26H42N2O6. The number of aliphatic carboxylic acids is 2. The van der Waals surface area contributed by atoms with E-state index in [1.807, 2.05) is 18.2 Å².